The van der Waals surface area contributed by atoms with E-state index in [0.29, 0.717) is 12.1 Å². The Kier molecular flexibility index (Phi) is 7.47. The number of carbonyl (C=O) groups excluding carboxylic acids is 1. The van der Waals surface area contributed by atoms with E-state index in [9.17, 15) is 13.2 Å². The highest BCUT2D eigenvalue weighted by molar-refractivity contribution is 7.92. The van der Waals surface area contributed by atoms with Crippen LogP contribution in [0.2, 0.25) is 10.0 Å². The van der Waals surface area contributed by atoms with E-state index in [0.717, 1.165) is 26.8 Å². The number of benzene rings is 2. The number of sulfonamides is 1. The Morgan fingerprint density at radius 1 is 1.15 bits per heavy atom. The standard InChI is InChI=1S/C23H21Cl2N3O4S2/c1-2-3-9-32-22(29)15-28(34(30,31)20-13-17(24)12-18(25)14-20)19-4-5-21-16(11-19)6-8-27(21)23-26-7-10-33-23/h4-8,10-14H,2-3,9,15H2,1H3. The molecule has 7 nitrogen and oxygen atoms in total. The van der Waals surface area contributed by atoms with Gasteiger partial charge in [-0.1, -0.05) is 36.5 Å². The van der Waals surface area contributed by atoms with E-state index in [2.05, 4.69) is 4.98 Å². The van der Waals surface area contributed by atoms with Crippen molar-refractivity contribution in [3.63, 3.8) is 0 Å². The Morgan fingerprint density at radius 3 is 2.59 bits per heavy atom. The van der Waals surface area contributed by atoms with Crippen molar-refractivity contribution in [2.45, 2.75) is 24.7 Å². The molecule has 0 bridgehead atoms. The molecule has 0 spiro atoms. The molecule has 0 unspecified atom stereocenters. The van der Waals surface area contributed by atoms with Gasteiger partial charge in [0.15, 0.2) is 5.13 Å². The van der Waals surface area contributed by atoms with Gasteiger partial charge >= 0.3 is 5.97 Å². The van der Waals surface area contributed by atoms with E-state index in [1.807, 2.05) is 29.1 Å². The second kappa shape index (κ2) is 10.4. The van der Waals surface area contributed by atoms with Crippen LogP contribution in [-0.2, 0) is 19.6 Å². The lowest BCUT2D eigenvalue weighted by Gasteiger charge is -2.24. The fourth-order valence-corrected chi connectivity index (χ4v) is 6.17. The summed E-state index contributed by atoms with van der Waals surface area (Å²) in [6.07, 6.45) is 5.12. The number of rotatable bonds is 9. The molecule has 0 aliphatic heterocycles. The number of esters is 1. The number of aromatic nitrogens is 2. The predicted molar refractivity (Wildman–Crippen MR) is 136 cm³/mol. The van der Waals surface area contributed by atoms with Crippen molar-refractivity contribution in [1.29, 1.82) is 0 Å². The smallest absolute Gasteiger partial charge is 0.326 e. The minimum atomic E-state index is -4.18. The maximum absolute atomic E-state index is 13.6. The van der Waals surface area contributed by atoms with Gasteiger partial charge in [0.05, 0.1) is 22.7 Å². The molecule has 11 heteroatoms. The number of nitrogens with zero attached hydrogens (tertiary/aromatic N) is 3. The monoisotopic (exact) mass is 537 g/mol. The molecule has 2 aromatic carbocycles. The van der Waals surface area contributed by atoms with Gasteiger partial charge in [-0.15, -0.1) is 11.3 Å². The summed E-state index contributed by atoms with van der Waals surface area (Å²) in [4.78, 5) is 16.8. The lowest BCUT2D eigenvalue weighted by atomic mass is 10.2. The molecule has 0 fully saturated rings. The number of hydrogen-bond acceptors (Lipinski definition) is 6. The van der Waals surface area contributed by atoms with Gasteiger partial charge in [-0.3, -0.25) is 13.7 Å². The summed E-state index contributed by atoms with van der Waals surface area (Å²) < 4.78 is 35.4. The predicted octanol–water partition coefficient (Wildman–Crippen LogP) is 5.93. The van der Waals surface area contributed by atoms with Gasteiger partial charge in [0.1, 0.15) is 6.54 Å². The summed E-state index contributed by atoms with van der Waals surface area (Å²) in [5, 5.41) is 3.81. The molecule has 2 heterocycles. The van der Waals surface area contributed by atoms with Crippen molar-refractivity contribution in [1.82, 2.24) is 9.55 Å². The SMILES string of the molecule is CCCCOC(=O)CN(c1ccc2c(ccn2-c2nccs2)c1)S(=O)(=O)c1cc(Cl)cc(Cl)c1. The Hall–Kier alpha value is -2.59. The molecule has 2 aromatic heterocycles. The second-order valence-electron chi connectivity index (χ2n) is 7.43. The Labute approximate surface area is 211 Å². The lowest BCUT2D eigenvalue weighted by Crippen LogP contribution is -2.36. The van der Waals surface area contributed by atoms with Crippen LogP contribution in [-0.4, -0.2) is 37.1 Å². The highest BCUT2D eigenvalue weighted by Gasteiger charge is 2.29. The molecule has 0 aliphatic carbocycles. The van der Waals surface area contributed by atoms with Gasteiger partial charge in [0.2, 0.25) is 0 Å². The summed E-state index contributed by atoms with van der Waals surface area (Å²) >= 11 is 13.6. The van der Waals surface area contributed by atoms with Crippen molar-refractivity contribution in [3.05, 3.63) is 70.3 Å². The topological polar surface area (TPSA) is 81.5 Å². The molecule has 0 saturated carbocycles. The van der Waals surface area contributed by atoms with Gasteiger partial charge in [0.25, 0.3) is 10.0 Å². The quantitative estimate of drug-likeness (QED) is 0.195. The van der Waals surface area contributed by atoms with Crippen molar-refractivity contribution >= 4 is 67.1 Å². The number of carbonyl (C=O) groups is 1. The van der Waals surface area contributed by atoms with E-state index in [1.165, 1.54) is 29.5 Å². The Bertz CT molecular complexity index is 1400. The summed E-state index contributed by atoms with van der Waals surface area (Å²) in [7, 11) is -4.18. The molecule has 4 aromatic rings. The third-order valence-corrected chi connectivity index (χ3v) is 8.00. The third-order valence-electron chi connectivity index (χ3n) is 5.04. The van der Waals surface area contributed by atoms with Gasteiger partial charge < -0.3 is 4.74 Å². The van der Waals surface area contributed by atoms with Gasteiger partial charge in [-0.2, -0.15) is 0 Å². The molecule has 0 amide bonds. The minimum Gasteiger partial charge on any atom is -0.464 e. The first kappa shape index (κ1) is 24.5. The highest BCUT2D eigenvalue weighted by Crippen LogP contribution is 2.31. The van der Waals surface area contributed by atoms with Crippen molar-refractivity contribution in [3.8, 4) is 5.13 Å². The van der Waals surface area contributed by atoms with E-state index in [4.69, 9.17) is 27.9 Å². The molecule has 0 radical (unpaired) electrons. The van der Waals surface area contributed by atoms with E-state index < -0.39 is 22.5 Å². The first-order valence-corrected chi connectivity index (χ1v) is 13.5. The molecule has 0 aliphatic rings. The lowest BCUT2D eigenvalue weighted by molar-refractivity contribution is -0.141. The Morgan fingerprint density at radius 2 is 1.91 bits per heavy atom. The molecule has 4 rings (SSSR count). The molecule has 178 valence electrons. The number of thiazole rings is 1. The summed E-state index contributed by atoms with van der Waals surface area (Å²) in [5.41, 5.74) is 1.17. The number of hydrogen-bond donors (Lipinski definition) is 0. The van der Waals surface area contributed by atoms with Crippen LogP contribution >= 0.6 is 34.5 Å². The first-order chi connectivity index (χ1) is 16.3. The number of ether oxygens (including phenoxy) is 1. The van der Waals surface area contributed by atoms with Crippen LogP contribution in [0.3, 0.4) is 0 Å². The number of unbranched alkanes of at least 4 members (excludes halogenated alkanes) is 1. The fourth-order valence-electron chi connectivity index (χ4n) is 3.40. The van der Waals surface area contributed by atoms with Crippen molar-refractivity contribution < 1.29 is 17.9 Å². The molecule has 0 atom stereocenters. The summed E-state index contributed by atoms with van der Waals surface area (Å²) in [5.74, 6) is -0.648. The van der Waals surface area contributed by atoms with Gasteiger partial charge in [-0.05, 0) is 48.9 Å². The summed E-state index contributed by atoms with van der Waals surface area (Å²) in [6.45, 7) is 1.71. The zero-order valence-electron chi connectivity index (χ0n) is 18.1. The maximum atomic E-state index is 13.6. The van der Waals surface area contributed by atoms with E-state index in [-0.39, 0.29) is 21.5 Å². The van der Waals surface area contributed by atoms with Gasteiger partial charge in [0, 0.05) is 33.2 Å². The number of anilines is 1. The second-order valence-corrected chi connectivity index (χ2v) is 11.0. The van der Waals surface area contributed by atoms with Gasteiger partial charge in [-0.25, -0.2) is 13.4 Å². The third kappa shape index (κ3) is 5.22. The van der Waals surface area contributed by atoms with Crippen LogP contribution in [0.1, 0.15) is 19.8 Å². The zero-order valence-corrected chi connectivity index (χ0v) is 21.3. The van der Waals surface area contributed by atoms with Crippen molar-refractivity contribution in [2.24, 2.45) is 0 Å². The fraction of sp³-hybridized carbons (Fsp3) is 0.217. The normalized spacial score (nSPS) is 11.6. The van der Waals surface area contributed by atoms with E-state index >= 15 is 0 Å². The van der Waals surface area contributed by atoms with Crippen LogP contribution in [0.15, 0.2) is 65.1 Å². The van der Waals surface area contributed by atoms with Crippen LogP contribution in [0.5, 0.6) is 0 Å². The minimum absolute atomic E-state index is 0.119. The average molecular weight is 538 g/mol. The highest BCUT2D eigenvalue weighted by atomic mass is 35.5. The number of halogens is 2. The maximum Gasteiger partial charge on any atom is 0.326 e. The molecule has 0 saturated heterocycles. The van der Waals surface area contributed by atoms with Crippen molar-refractivity contribution in [2.75, 3.05) is 17.5 Å². The first-order valence-electron chi connectivity index (χ1n) is 10.4. The van der Waals surface area contributed by atoms with Crippen LogP contribution in [0.4, 0.5) is 5.69 Å². The Balaban J connectivity index is 1.75. The van der Waals surface area contributed by atoms with E-state index in [1.54, 1.807) is 24.4 Å². The molecular weight excluding hydrogens is 517 g/mol. The molecule has 34 heavy (non-hydrogen) atoms. The zero-order chi connectivity index (χ0) is 24.3. The molecule has 0 N–H and O–H groups in total. The number of fused-ring (bicyclic) bond motifs is 1. The molecular formula is C23H21Cl2N3O4S2. The largest absolute Gasteiger partial charge is 0.464 e. The van der Waals surface area contributed by atoms with Crippen LogP contribution in [0, 0.1) is 0 Å². The average Bonchev–Trinajstić information content (AvgIpc) is 3.46. The van der Waals surface area contributed by atoms with Crippen LogP contribution < -0.4 is 4.31 Å². The summed E-state index contributed by atoms with van der Waals surface area (Å²) in [6, 6.07) is 11.1. The van der Waals surface area contributed by atoms with Crippen LogP contribution in [0.25, 0.3) is 16.0 Å².